The molecule has 0 heterocycles. The van der Waals surface area contributed by atoms with Crippen LogP contribution in [0.2, 0.25) is 0 Å². The van der Waals surface area contributed by atoms with Gasteiger partial charge in [-0.15, -0.1) is 0 Å². The van der Waals surface area contributed by atoms with E-state index in [1.807, 2.05) is 31.2 Å². The molecular formula is C16H15BrFNO2. The molecule has 0 aliphatic carbocycles. The SMILES string of the molecule is COC(=O)C(Nc1ccc(C)cc1)c1ccc(F)c(Br)c1. The standard InChI is InChI=1S/C16H15BrFNO2/c1-10-3-6-12(7-4-10)19-15(16(20)21-2)11-5-8-14(18)13(17)9-11/h3-9,15,19H,1-2H3. The minimum Gasteiger partial charge on any atom is -0.467 e. The highest BCUT2D eigenvalue weighted by Gasteiger charge is 2.22. The predicted octanol–water partition coefficient (Wildman–Crippen LogP) is 4.22. The molecule has 0 amide bonds. The molecule has 1 N–H and O–H groups in total. The number of halogens is 2. The highest BCUT2D eigenvalue weighted by Crippen LogP contribution is 2.25. The molecule has 110 valence electrons. The number of hydrogen-bond donors (Lipinski definition) is 1. The number of nitrogens with one attached hydrogen (secondary N) is 1. The lowest BCUT2D eigenvalue weighted by molar-refractivity contribution is -0.141. The quantitative estimate of drug-likeness (QED) is 0.838. The highest BCUT2D eigenvalue weighted by molar-refractivity contribution is 9.10. The summed E-state index contributed by atoms with van der Waals surface area (Å²) in [6, 6.07) is 11.4. The second-order valence-electron chi connectivity index (χ2n) is 4.64. The first-order chi connectivity index (χ1) is 10.0. The lowest BCUT2D eigenvalue weighted by Gasteiger charge is -2.18. The van der Waals surface area contributed by atoms with Gasteiger partial charge in [0.2, 0.25) is 0 Å². The van der Waals surface area contributed by atoms with Gasteiger partial charge in [-0.05, 0) is 52.7 Å². The van der Waals surface area contributed by atoms with Crippen LogP contribution >= 0.6 is 15.9 Å². The van der Waals surface area contributed by atoms with E-state index in [1.54, 1.807) is 12.1 Å². The average molecular weight is 352 g/mol. The van der Waals surface area contributed by atoms with E-state index in [-0.39, 0.29) is 5.82 Å². The number of anilines is 1. The molecule has 0 aliphatic rings. The van der Waals surface area contributed by atoms with E-state index >= 15 is 0 Å². The van der Waals surface area contributed by atoms with E-state index in [4.69, 9.17) is 4.74 Å². The van der Waals surface area contributed by atoms with Crippen molar-refractivity contribution in [3.8, 4) is 0 Å². The van der Waals surface area contributed by atoms with Crippen LogP contribution in [0.25, 0.3) is 0 Å². The van der Waals surface area contributed by atoms with E-state index < -0.39 is 12.0 Å². The normalized spacial score (nSPS) is 11.8. The number of ether oxygens (including phenoxy) is 1. The molecule has 0 saturated carbocycles. The maximum absolute atomic E-state index is 13.3. The molecule has 5 heteroatoms. The van der Waals surface area contributed by atoms with Crippen LogP contribution in [-0.4, -0.2) is 13.1 Å². The minimum absolute atomic E-state index is 0.305. The monoisotopic (exact) mass is 351 g/mol. The lowest BCUT2D eigenvalue weighted by Crippen LogP contribution is -2.22. The molecule has 2 rings (SSSR count). The van der Waals surface area contributed by atoms with Crippen molar-refractivity contribution in [1.82, 2.24) is 0 Å². The molecule has 2 aromatic carbocycles. The molecule has 0 radical (unpaired) electrons. The Bertz CT molecular complexity index is 643. The summed E-state index contributed by atoms with van der Waals surface area (Å²) in [5.41, 5.74) is 2.53. The van der Waals surface area contributed by atoms with E-state index in [1.165, 1.54) is 13.2 Å². The highest BCUT2D eigenvalue weighted by atomic mass is 79.9. The summed E-state index contributed by atoms with van der Waals surface area (Å²) >= 11 is 3.13. The Morgan fingerprint density at radius 1 is 1.24 bits per heavy atom. The van der Waals surface area contributed by atoms with Crippen LogP contribution in [0.1, 0.15) is 17.2 Å². The van der Waals surface area contributed by atoms with Crippen molar-refractivity contribution < 1.29 is 13.9 Å². The first-order valence-corrected chi connectivity index (χ1v) is 7.16. The van der Waals surface area contributed by atoms with Crippen molar-refractivity contribution in [2.45, 2.75) is 13.0 Å². The summed E-state index contributed by atoms with van der Waals surface area (Å²) in [7, 11) is 1.32. The Morgan fingerprint density at radius 3 is 2.48 bits per heavy atom. The van der Waals surface area contributed by atoms with Crippen LogP contribution in [-0.2, 0) is 9.53 Å². The minimum atomic E-state index is -0.699. The summed E-state index contributed by atoms with van der Waals surface area (Å²) in [6.07, 6.45) is 0. The molecule has 0 saturated heterocycles. The summed E-state index contributed by atoms with van der Waals surface area (Å²) < 4.78 is 18.5. The Hall–Kier alpha value is -1.88. The van der Waals surface area contributed by atoms with Gasteiger partial charge in [-0.1, -0.05) is 23.8 Å². The Balaban J connectivity index is 2.31. The smallest absolute Gasteiger partial charge is 0.332 e. The van der Waals surface area contributed by atoms with Crippen molar-refractivity contribution in [3.05, 3.63) is 63.9 Å². The van der Waals surface area contributed by atoms with Gasteiger partial charge in [0, 0.05) is 5.69 Å². The number of aryl methyl sites for hydroxylation is 1. The van der Waals surface area contributed by atoms with Crippen LogP contribution < -0.4 is 5.32 Å². The zero-order chi connectivity index (χ0) is 15.4. The van der Waals surface area contributed by atoms with E-state index in [0.717, 1.165) is 11.3 Å². The molecule has 0 aromatic heterocycles. The topological polar surface area (TPSA) is 38.3 Å². The van der Waals surface area contributed by atoms with Gasteiger partial charge in [0.15, 0.2) is 6.04 Å². The van der Waals surface area contributed by atoms with Crippen molar-refractivity contribution in [1.29, 1.82) is 0 Å². The van der Waals surface area contributed by atoms with Crippen molar-refractivity contribution >= 4 is 27.6 Å². The van der Waals surface area contributed by atoms with E-state index in [9.17, 15) is 9.18 Å². The number of esters is 1. The maximum atomic E-state index is 13.3. The molecule has 1 atom stereocenters. The van der Waals surface area contributed by atoms with Gasteiger partial charge < -0.3 is 10.1 Å². The van der Waals surface area contributed by atoms with E-state index in [2.05, 4.69) is 21.2 Å². The molecule has 0 bridgehead atoms. The van der Waals surface area contributed by atoms with Gasteiger partial charge >= 0.3 is 5.97 Å². The molecule has 0 aliphatic heterocycles. The number of carbonyl (C=O) groups is 1. The predicted molar refractivity (Wildman–Crippen MR) is 83.7 cm³/mol. The van der Waals surface area contributed by atoms with Crippen LogP contribution in [0.3, 0.4) is 0 Å². The van der Waals surface area contributed by atoms with Gasteiger partial charge in [0.1, 0.15) is 5.82 Å². The average Bonchev–Trinajstić information content (AvgIpc) is 2.49. The summed E-state index contributed by atoms with van der Waals surface area (Å²) in [4.78, 5) is 12.0. The first-order valence-electron chi connectivity index (χ1n) is 6.37. The van der Waals surface area contributed by atoms with Crippen LogP contribution in [0.5, 0.6) is 0 Å². The first kappa shape index (κ1) is 15.5. The second-order valence-corrected chi connectivity index (χ2v) is 5.49. The largest absolute Gasteiger partial charge is 0.467 e. The molecule has 0 fully saturated rings. The summed E-state index contributed by atoms with van der Waals surface area (Å²) in [5.74, 6) is -0.813. The van der Waals surface area contributed by atoms with E-state index in [0.29, 0.717) is 10.0 Å². The van der Waals surface area contributed by atoms with Crippen molar-refractivity contribution in [2.24, 2.45) is 0 Å². The third kappa shape index (κ3) is 3.82. The molecular weight excluding hydrogens is 337 g/mol. The molecule has 0 spiro atoms. The second kappa shape index (κ2) is 6.72. The number of hydrogen-bond acceptors (Lipinski definition) is 3. The van der Waals surface area contributed by atoms with Crippen LogP contribution in [0.4, 0.5) is 10.1 Å². The fourth-order valence-corrected chi connectivity index (χ4v) is 2.30. The summed E-state index contributed by atoms with van der Waals surface area (Å²) in [6.45, 7) is 1.98. The third-order valence-electron chi connectivity index (χ3n) is 3.08. The van der Waals surface area contributed by atoms with Crippen molar-refractivity contribution in [3.63, 3.8) is 0 Å². The lowest BCUT2D eigenvalue weighted by atomic mass is 10.1. The number of carbonyl (C=O) groups excluding carboxylic acids is 1. The molecule has 3 nitrogen and oxygen atoms in total. The number of rotatable bonds is 4. The fourth-order valence-electron chi connectivity index (χ4n) is 1.90. The van der Waals surface area contributed by atoms with Gasteiger partial charge in [-0.3, -0.25) is 0 Å². The van der Waals surface area contributed by atoms with Crippen molar-refractivity contribution in [2.75, 3.05) is 12.4 Å². The zero-order valence-electron chi connectivity index (χ0n) is 11.7. The molecule has 21 heavy (non-hydrogen) atoms. The number of methoxy groups -OCH3 is 1. The van der Waals surface area contributed by atoms with Gasteiger partial charge in [-0.2, -0.15) is 0 Å². The third-order valence-corrected chi connectivity index (χ3v) is 3.68. The van der Waals surface area contributed by atoms with Gasteiger partial charge in [-0.25, -0.2) is 9.18 Å². The molecule has 2 aromatic rings. The van der Waals surface area contributed by atoms with Gasteiger partial charge in [0.05, 0.1) is 11.6 Å². The number of benzene rings is 2. The van der Waals surface area contributed by atoms with Crippen LogP contribution in [0.15, 0.2) is 46.9 Å². The maximum Gasteiger partial charge on any atom is 0.332 e. The summed E-state index contributed by atoms with van der Waals surface area (Å²) in [5, 5.41) is 3.10. The van der Waals surface area contributed by atoms with Crippen LogP contribution in [0, 0.1) is 12.7 Å². The Morgan fingerprint density at radius 2 is 1.90 bits per heavy atom. The Kier molecular flexibility index (Phi) is 4.96. The fraction of sp³-hybridized carbons (Fsp3) is 0.188. The Labute approximate surface area is 131 Å². The van der Waals surface area contributed by atoms with Gasteiger partial charge in [0.25, 0.3) is 0 Å². The molecule has 1 unspecified atom stereocenters. The zero-order valence-corrected chi connectivity index (χ0v) is 13.3.